The number of nitrogens with one attached hydrogen (secondary N) is 2. The zero-order valence-electron chi connectivity index (χ0n) is 12.4. The van der Waals surface area contributed by atoms with Crippen molar-refractivity contribution in [2.45, 2.75) is 19.4 Å². The van der Waals surface area contributed by atoms with E-state index in [1.165, 1.54) is 0 Å². The third-order valence-corrected chi connectivity index (χ3v) is 3.40. The molecule has 114 valence electrons. The van der Waals surface area contributed by atoms with Crippen LogP contribution in [0.4, 0.5) is 10.5 Å². The van der Waals surface area contributed by atoms with Crippen molar-refractivity contribution in [3.8, 4) is 0 Å². The number of hydrogen-bond donors (Lipinski definition) is 2. The fourth-order valence-electron chi connectivity index (χ4n) is 2.28. The van der Waals surface area contributed by atoms with Crippen LogP contribution in [0.25, 0.3) is 0 Å². The van der Waals surface area contributed by atoms with E-state index >= 15 is 0 Å². The Morgan fingerprint density at radius 3 is 2.76 bits per heavy atom. The summed E-state index contributed by atoms with van der Waals surface area (Å²) in [5, 5.41) is 5.49. The van der Waals surface area contributed by atoms with Crippen LogP contribution in [0.1, 0.15) is 12.0 Å². The molecule has 0 unspecified atom stereocenters. The molecule has 2 rings (SSSR count). The normalized spacial score (nSPS) is 17.9. The zero-order valence-corrected chi connectivity index (χ0v) is 12.4. The van der Waals surface area contributed by atoms with Crippen LogP contribution in [0.2, 0.25) is 0 Å². The van der Waals surface area contributed by atoms with E-state index in [1.54, 1.807) is 12.0 Å². The Kier molecular flexibility index (Phi) is 5.16. The number of rotatable bonds is 5. The smallest absolute Gasteiger partial charge is 0.315 e. The molecule has 1 atom stereocenters. The van der Waals surface area contributed by atoms with E-state index in [0.29, 0.717) is 26.1 Å². The van der Waals surface area contributed by atoms with E-state index in [-0.39, 0.29) is 18.0 Å². The predicted molar refractivity (Wildman–Crippen MR) is 80.3 cm³/mol. The lowest BCUT2D eigenvalue weighted by atomic mass is 10.2. The Morgan fingerprint density at radius 2 is 2.10 bits per heavy atom. The topological polar surface area (TPSA) is 70.7 Å². The van der Waals surface area contributed by atoms with E-state index in [1.807, 2.05) is 31.2 Å². The lowest BCUT2D eigenvalue weighted by Crippen LogP contribution is -2.44. The maximum atomic E-state index is 12.0. The summed E-state index contributed by atoms with van der Waals surface area (Å²) >= 11 is 0. The zero-order chi connectivity index (χ0) is 15.2. The molecule has 6 nitrogen and oxygen atoms in total. The van der Waals surface area contributed by atoms with E-state index in [9.17, 15) is 9.59 Å². The van der Waals surface area contributed by atoms with Crippen LogP contribution in [-0.4, -0.2) is 44.8 Å². The van der Waals surface area contributed by atoms with E-state index in [0.717, 1.165) is 11.3 Å². The fourth-order valence-corrected chi connectivity index (χ4v) is 2.28. The summed E-state index contributed by atoms with van der Waals surface area (Å²) in [6.45, 7) is 3.42. The summed E-state index contributed by atoms with van der Waals surface area (Å²) in [5.41, 5.74) is 2.02. The van der Waals surface area contributed by atoms with Gasteiger partial charge in [0.2, 0.25) is 5.91 Å². The molecule has 0 spiro atoms. The number of benzene rings is 1. The molecule has 6 heteroatoms. The number of urea groups is 1. The molecule has 21 heavy (non-hydrogen) atoms. The van der Waals surface area contributed by atoms with Crippen LogP contribution in [0.15, 0.2) is 24.3 Å². The Bertz CT molecular complexity index is 501. The lowest BCUT2D eigenvalue weighted by Gasteiger charge is -2.17. The van der Waals surface area contributed by atoms with Crippen molar-refractivity contribution in [3.05, 3.63) is 29.8 Å². The van der Waals surface area contributed by atoms with Crippen molar-refractivity contribution in [2.24, 2.45) is 0 Å². The molecule has 0 aromatic heterocycles. The number of hydrogen-bond acceptors (Lipinski definition) is 3. The minimum absolute atomic E-state index is 0.0287. The molecule has 1 aromatic carbocycles. The Balaban J connectivity index is 1.87. The molecule has 1 aromatic rings. The Hall–Kier alpha value is -2.08. The van der Waals surface area contributed by atoms with Gasteiger partial charge in [-0.15, -0.1) is 0 Å². The molecule has 1 saturated heterocycles. The van der Waals surface area contributed by atoms with Gasteiger partial charge in [0.15, 0.2) is 0 Å². The van der Waals surface area contributed by atoms with Gasteiger partial charge < -0.3 is 20.3 Å². The summed E-state index contributed by atoms with van der Waals surface area (Å²) in [5.74, 6) is 0.0287. The van der Waals surface area contributed by atoms with Crippen LogP contribution >= 0.6 is 0 Å². The van der Waals surface area contributed by atoms with Gasteiger partial charge in [0.1, 0.15) is 0 Å². The van der Waals surface area contributed by atoms with Crippen molar-refractivity contribution in [2.75, 3.05) is 31.7 Å². The lowest BCUT2D eigenvalue weighted by molar-refractivity contribution is -0.117. The minimum atomic E-state index is -0.268. The van der Waals surface area contributed by atoms with Gasteiger partial charge in [0.05, 0.1) is 12.6 Å². The molecule has 1 fully saturated rings. The molecular weight excluding hydrogens is 270 g/mol. The van der Waals surface area contributed by atoms with Crippen molar-refractivity contribution in [3.63, 3.8) is 0 Å². The highest BCUT2D eigenvalue weighted by Gasteiger charge is 2.31. The monoisotopic (exact) mass is 291 g/mol. The highest BCUT2D eigenvalue weighted by atomic mass is 16.5. The van der Waals surface area contributed by atoms with Crippen molar-refractivity contribution >= 4 is 17.6 Å². The quantitative estimate of drug-likeness (QED) is 0.797. The van der Waals surface area contributed by atoms with Crippen molar-refractivity contribution < 1.29 is 14.3 Å². The number of carbonyl (C=O) groups is 2. The summed E-state index contributed by atoms with van der Waals surface area (Å²) in [6, 6.07) is 7.36. The Morgan fingerprint density at radius 1 is 1.38 bits per heavy atom. The first-order chi connectivity index (χ1) is 10.1. The van der Waals surface area contributed by atoms with Crippen LogP contribution < -0.4 is 15.5 Å². The standard InChI is InChI=1S/C15H21N3O3/c1-11-3-5-13(6-4-11)18-10-12(9-14(18)19)17-15(20)16-7-8-21-2/h3-6,12H,7-10H2,1-2H3,(H2,16,17,20)/t12-/m1/s1. The number of ether oxygens (including phenoxy) is 1. The van der Waals surface area contributed by atoms with Gasteiger partial charge in [0.25, 0.3) is 0 Å². The Labute approximate surface area is 124 Å². The summed E-state index contributed by atoms with van der Waals surface area (Å²) in [7, 11) is 1.58. The molecule has 1 heterocycles. The number of nitrogens with zero attached hydrogens (tertiary/aromatic N) is 1. The van der Waals surface area contributed by atoms with Gasteiger partial charge in [0, 0.05) is 32.3 Å². The summed E-state index contributed by atoms with van der Waals surface area (Å²) in [4.78, 5) is 25.4. The first-order valence-electron chi connectivity index (χ1n) is 7.00. The maximum Gasteiger partial charge on any atom is 0.315 e. The van der Waals surface area contributed by atoms with Gasteiger partial charge in [-0.2, -0.15) is 0 Å². The number of carbonyl (C=O) groups excluding carboxylic acids is 2. The van der Waals surface area contributed by atoms with Crippen LogP contribution in [0, 0.1) is 6.92 Å². The first kappa shape index (κ1) is 15.3. The maximum absolute atomic E-state index is 12.0. The van der Waals surface area contributed by atoms with Gasteiger partial charge >= 0.3 is 6.03 Å². The van der Waals surface area contributed by atoms with Crippen LogP contribution in [0.5, 0.6) is 0 Å². The van der Waals surface area contributed by atoms with Crippen molar-refractivity contribution in [1.29, 1.82) is 0 Å². The van der Waals surface area contributed by atoms with E-state index in [4.69, 9.17) is 4.74 Å². The number of anilines is 1. The minimum Gasteiger partial charge on any atom is -0.383 e. The van der Waals surface area contributed by atoms with Crippen LogP contribution in [-0.2, 0) is 9.53 Å². The first-order valence-corrected chi connectivity index (χ1v) is 7.00. The molecule has 0 bridgehead atoms. The highest BCUT2D eigenvalue weighted by molar-refractivity contribution is 5.96. The van der Waals surface area contributed by atoms with Gasteiger partial charge in [-0.05, 0) is 19.1 Å². The van der Waals surface area contributed by atoms with Gasteiger partial charge in [-0.25, -0.2) is 4.79 Å². The molecule has 0 aliphatic carbocycles. The second-order valence-corrected chi connectivity index (χ2v) is 5.13. The third kappa shape index (κ3) is 4.19. The summed E-state index contributed by atoms with van der Waals surface area (Å²) in [6.07, 6.45) is 0.325. The van der Waals surface area contributed by atoms with Gasteiger partial charge in [-0.3, -0.25) is 4.79 Å². The molecule has 1 aliphatic rings. The number of amides is 3. The van der Waals surface area contributed by atoms with E-state index in [2.05, 4.69) is 10.6 Å². The highest BCUT2D eigenvalue weighted by Crippen LogP contribution is 2.21. The average Bonchev–Trinajstić information content (AvgIpc) is 2.80. The van der Waals surface area contributed by atoms with Crippen molar-refractivity contribution in [1.82, 2.24) is 10.6 Å². The SMILES string of the molecule is COCCNC(=O)N[C@@H]1CC(=O)N(c2ccc(C)cc2)C1. The molecule has 2 N–H and O–H groups in total. The molecule has 0 radical (unpaired) electrons. The molecule has 3 amide bonds. The van der Waals surface area contributed by atoms with E-state index < -0.39 is 0 Å². The molecular formula is C15H21N3O3. The van der Waals surface area contributed by atoms with Gasteiger partial charge in [-0.1, -0.05) is 17.7 Å². The largest absolute Gasteiger partial charge is 0.383 e. The second-order valence-electron chi connectivity index (χ2n) is 5.13. The summed E-state index contributed by atoms with van der Waals surface area (Å²) < 4.78 is 4.86. The second kappa shape index (κ2) is 7.08. The molecule has 1 aliphatic heterocycles. The molecule has 0 saturated carbocycles. The average molecular weight is 291 g/mol. The number of methoxy groups -OCH3 is 1. The third-order valence-electron chi connectivity index (χ3n) is 3.40. The predicted octanol–water partition coefficient (Wildman–Crippen LogP) is 1.05. The number of aryl methyl sites for hydroxylation is 1. The fraction of sp³-hybridized carbons (Fsp3) is 0.467. The van der Waals surface area contributed by atoms with Crippen LogP contribution in [0.3, 0.4) is 0 Å².